The van der Waals surface area contributed by atoms with Crippen LogP contribution in [0.5, 0.6) is 11.5 Å². The fourth-order valence-corrected chi connectivity index (χ4v) is 4.68. The van der Waals surface area contributed by atoms with Gasteiger partial charge in [0.1, 0.15) is 6.61 Å². The molecule has 1 saturated heterocycles. The predicted octanol–water partition coefficient (Wildman–Crippen LogP) is 4.38. The van der Waals surface area contributed by atoms with Crippen LogP contribution in [0.2, 0.25) is 0 Å². The van der Waals surface area contributed by atoms with E-state index in [1.165, 1.54) is 24.8 Å². The summed E-state index contributed by atoms with van der Waals surface area (Å²) in [5.74, 6) is 3.08. The highest BCUT2D eigenvalue weighted by atomic mass is 32.1. The van der Waals surface area contributed by atoms with Gasteiger partial charge in [-0.15, -0.1) is 0 Å². The number of hydrogen-bond acceptors (Lipinski definition) is 5. The summed E-state index contributed by atoms with van der Waals surface area (Å²) in [6.07, 6.45) is 3.32. The highest BCUT2D eigenvalue weighted by Gasteiger charge is 2.28. The molecule has 2 aliphatic heterocycles. The molecule has 162 valence electrons. The summed E-state index contributed by atoms with van der Waals surface area (Å²) >= 11 is 5.68. The molecule has 3 heterocycles. The third-order valence-corrected chi connectivity index (χ3v) is 6.76. The largest absolute Gasteiger partial charge is 0.485 e. The van der Waals surface area contributed by atoms with Gasteiger partial charge in [-0.2, -0.15) is 5.10 Å². The highest BCUT2D eigenvalue weighted by Crippen LogP contribution is 2.35. The molecule has 1 aromatic heterocycles. The van der Waals surface area contributed by atoms with Gasteiger partial charge in [-0.1, -0.05) is 42.5 Å². The number of para-hydroxylation sites is 2. The summed E-state index contributed by atoms with van der Waals surface area (Å²) in [7, 11) is 1.96. The van der Waals surface area contributed by atoms with Gasteiger partial charge in [-0.05, 0) is 55.1 Å². The first kappa shape index (κ1) is 20.3. The lowest BCUT2D eigenvalue weighted by Gasteiger charge is -2.31. The van der Waals surface area contributed by atoms with Gasteiger partial charge in [0, 0.05) is 20.1 Å². The van der Waals surface area contributed by atoms with Crippen LogP contribution in [0.4, 0.5) is 0 Å². The minimum Gasteiger partial charge on any atom is -0.485 e. The fourth-order valence-electron chi connectivity index (χ4n) is 4.49. The molecule has 2 aromatic carbocycles. The van der Waals surface area contributed by atoms with Crippen molar-refractivity contribution in [3.63, 3.8) is 0 Å². The molecular formula is C24H28N4O2S. The molecule has 0 radical (unpaired) electrons. The number of hydrogen-bond donors (Lipinski definition) is 0. The molecule has 0 saturated carbocycles. The minimum absolute atomic E-state index is 0.264. The van der Waals surface area contributed by atoms with Crippen molar-refractivity contribution in [3.05, 3.63) is 70.8 Å². The van der Waals surface area contributed by atoms with Gasteiger partial charge in [-0.3, -0.25) is 4.90 Å². The molecule has 0 aliphatic carbocycles. The van der Waals surface area contributed by atoms with E-state index in [0.717, 1.165) is 43.0 Å². The fraction of sp³-hybridized carbons (Fsp3) is 0.417. The maximum Gasteiger partial charge on any atom is 0.198 e. The first-order valence-corrected chi connectivity index (χ1v) is 11.4. The van der Waals surface area contributed by atoms with Crippen molar-refractivity contribution in [1.82, 2.24) is 19.2 Å². The van der Waals surface area contributed by atoms with Crippen LogP contribution in [0.1, 0.15) is 30.3 Å². The molecule has 0 N–H and O–H groups in total. The summed E-state index contributed by atoms with van der Waals surface area (Å²) < 4.78 is 16.6. The zero-order valence-corrected chi connectivity index (χ0v) is 18.6. The van der Waals surface area contributed by atoms with Crippen LogP contribution in [0.3, 0.4) is 0 Å². The lowest BCUT2D eigenvalue weighted by molar-refractivity contribution is 0.0817. The van der Waals surface area contributed by atoms with Gasteiger partial charge in [0.05, 0.1) is 6.67 Å². The van der Waals surface area contributed by atoms with Crippen LogP contribution in [-0.4, -0.2) is 38.9 Å². The monoisotopic (exact) mass is 436 g/mol. The van der Waals surface area contributed by atoms with Gasteiger partial charge in [-0.25, -0.2) is 4.68 Å². The van der Waals surface area contributed by atoms with Crippen molar-refractivity contribution in [1.29, 1.82) is 0 Å². The Morgan fingerprint density at radius 3 is 2.48 bits per heavy atom. The average molecular weight is 437 g/mol. The Balaban J connectivity index is 1.22. The Kier molecular flexibility index (Phi) is 5.78. The second-order valence-electron chi connectivity index (χ2n) is 8.46. The quantitative estimate of drug-likeness (QED) is 0.556. The van der Waals surface area contributed by atoms with E-state index in [4.69, 9.17) is 26.8 Å². The molecule has 31 heavy (non-hydrogen) atoms. The van der Waals surface area contributed by atoms with Crippen molar-refractivity contribution < 1.29 is 9.47 Å². The van der Waals surface area contributed by atoms with Crippen molar-refractivity contribution in [3.8, 4) is 11.5 Å². The second kappa shape index (κ2) is 8.85. The van der Waals surface area contributed by atoms with Gasteiger partial charge in [0.15, 0.2) is 28.2 Å². The van der Waals surface area contributed by atoms with Crippen LogP contribution < -0.4 is 9.47 Å². The number of ether oxygens (including phenoxy) is 2. The topological polar surface area (TPSA) is 44.5 Å². The molecule has 0 bridgehead atoms. The molecule has 5 rings (SSSR count). The molecule has 0 spiro atoms. The van der Waals surface area contributed by atoms with Crippen LogP contribution in [0.15, 0.2) is 54.6 Å². The summed E-state index contributed by atoms with van der Waals surface area (Å²) in [6, 6.07) is 18.5. The molecule has 1 fully saturated rings. The second-order valence-corrected chi connectivity index (χ2v) is 8.82. The van der Waals surface area contributed by atoms with Crippen molar-refractivity contribution in [2.75, 3.05) is 19.7 Å². The van der Waals surface area contributed by atoms with Crippen LogP contribution >= 0.6 is 12.2 Å². The number of fused-ring (bicyclic) bond motifs is 1. The molecule has 2 aliphatic rings. The van der Waals surface area contributed by atoms with E-state index in [1.807, 2.05) is 40.6 Å². The summed E-state index contributed by atoms with van der Waals surface area (Å²) in [5, 5.41) is 4.82. The van der Waals surface area contributed by atoms with Gasteiger partial charge < -0.3 is 14.0 Å². The summed E-state index contributed by atoms with van der Waals surface area (Å²) in [5.41, 5.74) is 1.44. The third kappa shape index (κ3) is 4.38. The van der Waals surface area contributed by atoms with Crippen molar-refractivity contribution in [2.24, 2.45) is 13.0 Å². The number of aromatic nitrogens is 3. The highest BCUT2D eigenvalue weighted by molar-refractivity contribution is 7.71. The number of rotatable bonds is 5. The Labute approximate surface area is 188 Å². The van der Waals surface area contributed by atoms with Gasteiger partial charge >= 0.3 is 0 Å². The van der Waals surface area contributed by atoms with Gasteiger partial charge in [0.2, 0.25) is 0 Å². The van der Waals surface area contributed by atoms with E-state index >= 15 is 0 Å². The summed E-state index contributed by atoms with van der Waals surface area (Å²) in [4.78, 5) is 2.45. The average Bonchev–Trinajstić information content (AvgIpc) is 3.09. The normalized spacial score (nSPS) is 19.5. The van der Waals surface area contributed by atoms with Crippen LogP contribution in [-0.2, 0) is 20.1 Å². The van der Waals surface area contributed by atoms with Crippen molar-refractivity contribution >= 4 is 12.2 Å². The van der Waals surface area contributed by atoms with Crippen LogP contribution in [0.25, 0.3) is 0 Å². The Morgan fingerprint density at radius 2 is 1.71 bits per heavy atom. The smallest absolute Gasteiger partial charge is 0.198 e. The molecule has 1 unspecified atom stereocenters. The zero-order valence-electron chi connectivity index (χ0n) is 17.8. The zero-order chi connectivity index (χ0) is 21.2. The first-order valence-electron chi connectivity index (χ1n) is 11.0. The summed E-state index contributed by atoms with van der Waals surface area (Å²) in [6.45, 7) is 3.29. The lowest BCUT2D eigenvalue weighted by Crippen LogP contribution is -2.36. The van der Waals surface area contributed by atoms with E-state index in [0.29, 0.717) is 11.4 Å². The third-order valence-electron chi connectivity index (χ3n) is 6.28. The predicted molar refractivity (Wildman–Crippen MR) is 122 cm³/mol. The Morgan fingerprint density at radius 1 is 1.00 bits per heavy atom. The van der Waals surface area contributed by atoms with E-state index in [-0.39, 0.29) is 6.10 Å². The first-order chi connectivity index (χ1) is 15.2. The molecular weight excluding hydrogens is 408 g/mol. The maximum absolute atomic E-state index is 6.15. The lowest BCUT2D eigenvalue weighted by atomic mass is 9.90. The van der Waals surface area contributed by atoms with Crippen molar-refractivity contribution in [2.45, 2.75) is 32.0 Å². The maximum atomic E-state index is 6.15. The molecule has 7 heteroatoms. The molecule has 6 nitrogen and oxygen atoms in total. The van der Waals surface area contributed by atoms with E-state index in [1.54, 1.807) is 0 Å². The minimum atomic E-state index is -0.264. The number of piperidine rings is 1. The SMILES string of the molecule is Cn1c(C2COc3ccccc3O2)nn(CN2CCC(Cc3ccccc3)CC2)c1=S. The number of nitrogens with zero attached hydrogens (tertiary/aromatic N) is 4. The molecule has 3 aromatic rings. The Hall–Kier alpha value is -2.64. The van der Waals surface area contributed by atoms with E-state index in [2.05, 4.69) is 35.2 Å². The van der Waals surface area contributed by atoms with E-state index < -0.39 is 0 Å². The van der Waals surface area contributed by atoms with E-state index in [9.17, 15) is 0 Å². The number of benzene rings is 2. The standard InChI is InChI=1S/C24H28N4O2S/c1-26-23(22-16-29-20-9-5-6-10-21(20)30-22)25-28(24(26)31)17-27-13-11-19(12-14-27)15-18-7-3-2-4-8-18/h2-10,19,22H,11-17H2,1H3. The van der Waals surface area contributed by atoms with Crippen LogP contribution in [0, 0.1) is 10.7 Å². The Bertz CT molecular complexity index is 1090. The molecule has 0 amide bonds. The number of likely N-dealkylation sites (tertiary alicyclic amines) is 1. The molecule has 1 atom stereocenters. The van der Waals surface area contributed by atoms with Gasteiger partial charge in [0.25, 0.3) is 0 Å².